The van der Waals surface area contributed by atoms with Gasteiger partial charge in [-0.3, -0.25) is 0 Å². The molecule has 1 aromatic heterocycles. The van der Waals surface area contributed by atoms with Crippen molar-refractivity contribution in [3.8, 4) is 6.07 Å². The third-order valence-corrected chi connectivity index (χ3v) is 4.84. The number of pyridine rings is 1. The van der Waals surface area contributed by atoms with Gasteiger partial charge < -0.3 is 20.5 Å². The molecular formula is C20H23F3N4O3. The van der Waals surface area contributed by atoms with Gasteiger partial charge in [0.25, 0.3) is 0 Å². The van der Waals surface area contributed by atoms with E-state index in [2.05, 4.69) is 21.7 Å². The molecule has 1 aliphatic rings. The molecule has 1 aliphatic heterocycles. The molecule has 1 saturated heterocycles. The summed E-state index contributed by atoms with van der Waals surface area (Å²) in [5.74, 6) is -2.00. The first-order chi connectivity index (χ1) is 14.2. The topological polar surface area (TPSA) is 107 Å². The molecule has 0 saturated carbocycles. The van der Waals surface area contributed by atoms with Gasteiger partial charge in [0, 0.05) is 24.5 Å². The lowest BCUT2D eigenvalue weighted by molar-refractivity contribution is -0.192. The average Bonchev–Trinajstić information content (AvgIpc) is 2.72. The van der Waals surface area contributed by atoms with Gasteiger partial charge in [-0.2, -0.15) is 18.4 Å². The van der Waals surface area contributed by atoms with E-state index in [9.17, 15) is 18.4 Å². The zero-order valence-corrected chi connectivity index (χ0v) is 16.4. The Balaban J connectivity index is 0.000000396. The summed E-state index contributed by atoms with van der Waals surface area (Å²) >= 11 is 0. The Bertz CT molecular complexity index is 901. The van der Waals surface area contributed by atoms with Crippen molar-refractivity contribution in [1.82, 2.24) is 10.3 Å². The first-order valence-electron chi connectivity index (χ1n) is 9.24. The van der Waals surface area contributed by atoms with E-state index in [1.807, 2.05) is 30.3 Å². The molecule has 1 fully saturated rings. The van der Waals surface area contributed by atoms with E-state index in [1.165, 1.54) is 0 Å². The summed E-state index contributed by atoms with van der Waals surface area (Å²) in [6, 6.07) is 11.9. The number of hydrogen-bond acceptors (Lipinski definition) is 6. The molecule has 0 atom stereocenters. The van der Waals surface area contributed by atoms with E-state index in [4.69, 9.17) is 14.6 Å². The van der Waals surface area contributed by atoms with Crippen molar-refractivity contribution in [3.05, 3.63) is 35.9 Å². The standard InChI is InChI=1S/C18H22N4O.C2HF3O2/c1-23-13-18(6-8-20-9-7-18)12-21-17-10-14(11-19)15-4-2-3-5-16(15)22-17;3-2(4,5)1(6)7/h2-5,10,20H,6-9,12-13H2,1H3,(H,21,22);(H,6,7). The van der Waals surface area contributed by atoms with Crippen LogP contribution in [-0.4, -0.2) is 55.6 Å². The number of halogens is 3. The number of aromatic nitrogens is 1. The number of benzene rings is 1. The number of anilines is 1. The summed E-state index contributed by atoms with van der Waals surface area (Å²) < 4.78 is 37.2. The highest BCUT2D eigenvalue weighted by Crippen LogP contribution is 2.30. The SMILES string of the molecule is COCC1(CNc2cc(C#N)c3ccccc3n2)CCNCC1.O=C(O)C(F)(F)F. The number of piperidine rings is 1. The highest BCUT2D eigenvalue weighted by Gasteiger charge is 2.38. The van der Waals surface area contributed by atoms with Crippen molar-refractivity contribution in [1.29, 1.82) is 5.26 Å². The first kappa shape index (κ1) is 23.4. The van der Waals surface area contributed by atoms with E-state index in [-0.39, 0.29) is 5.41 Å². The van der Waals surface area contributed by atoms with Gasteiger partial charge in [0.15, 0.2) is 0 Å². The quantitative estimate of drug-likeness (QED) is 0.677. The molecule has 2 aromatic rings. The van der Waals surface area contributed by atoms with Gasteiger partial charge in [0.05, 0.1) is 23.8 Å². The minimum Gasteiger partial charge on any atom is -0.475 e. The normalized spacial score (nSPS) is 15.6. The first-order valence-corrected chi connectivity index (χ1v) is 9.24. The molecule has 0 unspecified atom stereocenters. The van der Waals surface area contributed by atoms with E-state index in [1.54, 1.807) is 7.11 Å². The molecule has 3 rings (SSSR count). The summed E-state index contributed by atoms with van der Waals surface area (Å²) in [5.41, 5.74) is 1.63. The third-order valence-electron chi connectivity index (χ3n) is 4.84. The lowest BCUT2D eigenvalue weighted by atomic mass is 9.79. The van der Waals surface area contributed by atoms with Gasteiger partial charge >= 0.3 is 12.1 Å². The number of carbonyl (C=O) groups is 1. The lowest BCUT2D eigenvalue weighted by Gasteiger charge is -2.37. The molecule has 0 bridgehead atoms. The van der Waals surface area contributed by atoms with Crippen LogP contribution in [0.4, 0.5) is 19.0 Å². The zero-order chi connectivity index (χ0) is 22.2. The smallest absolute Gasteiger partial charge is 0.475 e. The maximum Gasteiger partial charge on any atom is 0.490 e. The van der Waals surface area contributed by atoms with Gasteiger partial charge in [-0.05, 0) is 38.1 Å². The van der Waals surface area contributed by atoms with Crippen LogP contribution >= 0.6 is 0 Å². The molecule has 3 N–H and O–H groups in total. The predicted molar refractivity (Wildman–Crippen MR) is 105 cm³/mol. The number of methoxy groups -OCH3 is 1. The number of carboxylic acid groups (broad SMARTS) is 1. The van der Waals surface area contributed by atoms with E-state index in [0.29, 0.717) is 5.56 Å². The minimum absolute atomic E-state index is 0.125. The Labute approximate surface area is 171 Å². The number of para-hydroxylation sites is 1. The van der Waals surface area contributed by atoms with Crippen molar-refractivity contribution in [2.45, 2.75) is 19.0 Å². The van der Waals surface area contributed by atoms with Crippen LogP contribution in [-0.2, 0) is 9.53 Å². The van der Waals surface area contributed by atoms with Crippen LogP contribution < -0.4 is 10.6 Å². The highest BCUT2D eigenvalue weighted by atomic mass is 19.4. The molecular weight excluding hydrogens is 401 g/mol. The largest absolute Gasteiger partial charge is 0.490 e. The van der Waals surface area contributed by atoms with E-state index in [0.717, 1.165) is 55.8 Å². The molecule has 0 radical (unpaired) electrons. The number of nitrogens with one attached hydrogen (secondary N) is 2. The molecule has 0 amide bonds. The minimum atomic E-state index is -5.08. The van der Waals surface area contributed by atoms with Gasteiger partial charge in [0.2, 0.25) is 0 Å². The van der Waals surface area contributed by atoms with Crippen LogP contribution in [0, 0.1) is 16.7 Å². The second-order valence-electron chi connectivity index (χ2n) is 7.02. The fourth-order valence-corrected chi connectivity index (χ4v) is 3.27. The Morgan fingerprint density at radius 3 is 2.57 bits per heavy atom. The fourth-order valence-electron chi connectivity index (χ4n) is 3.27. The summed E-state index contributed by atoms with van der Waals surface area (Å²) in [6.07, 6.45) is -2.93. The molecule has 30 heavy (non-hydrogen) atoms. The van der Waals surface area contributed by atoms with Gasteiger partial charge in [-0.1, -0.05) is 18.2 Å². The summed E-state index contributed by atoms with van der Waals surface area (Å²) in [7, 11) is 1.76. The summed E-state index contributed by atoms with van der Waals surface area (Å²) in [6.45, 7) is 3.57. The zero-order valence-electron chi connectivity index (χ0n) is 16.4. The van der Waals surface area contributed by atoms with E-state index < -0.39 is 12.1 Å². The number of aliphatic carboxylic acids is 1. The molecule has 0 spiro atoms. The number of alkyl halides is 3. The van der Waals surface area contributed by atoms with E-state index >= 15 is 0 Å². The van der Waals surface area contributed by atoms with Crippen LogP contribution in [0.25, 0.3) is 10.9 Å². The number of rotatable bonds is 5. The average molecular weight is 424 g/mol. The van der Waals surface area contributed by atoms with Crippen LogP contribution in [0.2, 0.25) is 0 Å². The lowest BCUT2D eigenvalue weighted by Crippen LogP contribution is -2.44. The van der Waals surface area contributed by atoms with Crippen LogP contribution in [0.1, 0.15) is 18.4 Å². The molecule has 1 aromatic carbocycles. The summed E-state index contributed by atoms with van der Waals surface area (Å²) in [4.78, 5) is 13.5. The molecule has 10 heteroatoms. The second-order valence-corrected chi connectivity index (χ2v) is 7.02. The van der Waals surface area contributed by atoms with Crippen molar-refractivity contribution in [2.75, 3.05) is 38.7 Å². The van der Waals surface area contributed by atoms with Gasteiger partial charge in [-0.25, -0.2) is 9.78 Å². The number of carboxylic acids is 1. The van der Waals surface area contributed by atoms with Crippen molar-refractivity contribution in [2.24, 2.45) is 5.41 Å². The number of fused-ring (bicyclic) bond motifs is 1. The Morgan fingerprint density at radius 1 is 1.37 bits per heavy atom. The Morgan fingerprint density at radius 2 is 2.00 bits per heavy atom. The highest BCUT2D eigenvalue weighted by molar-refractivity contribution is 5.86. The van der Waals surface area contributed by atoms with Crippen molar-refractivity contribution in [3.63, 3.8) is 0 Å². The number of nitrogens with zero attached hydrogens (tertiary/aromatic N) is 2. The predicted octanol–water partition coefficient (Wildman–Crippen LogP) is 3.17. The number of nitriles is 1. The summed E-state index contributed by atoms with van der Waals surface area (Å²) in [5, 5.41) is 24.2. The van der Waals surface area contributed by atoms with Crippen molar-refractivity contribution >= 4 is 22.7 Å². The Hall–Kier alpha value is -2.90. The third kappa shape index (κ3) is 6.30. The van der Waals surface area contributed by atoms with Crippen LogP contribution in [0.15, 0.2) is 30.3 Å². The van der Waals surface area contributed by atoms with Crippen LogP contribution in [0.5, 0.6) is 0 Å². The molecule has 2 heterocycles. The number of hydrogen-bond donors (Lipinski definition) is 3. The van der Waals surface area contributed by atoms with Gasteiger partial charge in [0.1, 0.15) is 5.82 Å². The maximum atomic E-state index is 10.6. The fraction of sp³-hybridized carbons (Fsp3) is 0.450. The molecule has 0 aliphatic carbocycles. The molecule has 162 valence electrons. The Kier molecular flexibility index (Phi) is 7.97. The van der Waals surface area contributed by atoms with Crippen molar-refractivity contribution < 1.29 is 27.8 Å². The maximum absolute atomic E-state index is 10.6. The monoisotopic (exact) mass is 424 g/mol. The van der Waals surface area contributed by atoms with Gasteiger partial charge in [-0.15, -0.1) is 0 Å². The molecule has 7 nitrogen and oxygen atoms in total. The van der Waals surface area contributed by atoms with Crippen LogP contribution in [0.3, 0.4) is 0 Å². The number of ether oxygens (including phenoxy) is 1. The second kappa shape index (κ2) is 10.2.